The lowest BCUT2D eigenvalue weighted by atomic mass is 10.1. The Hall–Kier alpha value is -1.88. The highest BCUT2D eigenvalue weighted by molar-refractivity contribution is 5.57. The zero-order chi connectivity index (χ0) is 12.4. The first-order valence-corrected chi connectivity index (χ1v) is 6.12. The van der Waals surface area contributed by atoms with Gasteiger partial charge in [0, 0.05) is 19.2 Å². The number of piperidine rings is 1. The number of nitrogens with zero attached hydrogens (tertiary/aromatic N) is 3. The molecule has 5 heteroatoms. The van der Waals surface area contributed by atoms with E-state index in [1.807, 2.05) is 18.2 Å². The van der Waals surface area contributed by atoms with Gasteiger partial charge in [-0.3, -0.25) is 0 Å². The van der Waals surface area contributed by atoms with Crippen LogP contribution in [0.5, 0.6) is 0 Å². The molecule has 1 aliphatic heterocycles. The smallest absolute Gasteiger partial charge is 0.152 e. The van der Waals surface area contributed by atoms with Gasteiger partial charge in [-0.1, -0.05) is 0 Å². The normalized spacial score (nSPS) is 20.1. The Balaban J connectivity index is 1.86. The van der Waals surface area contributed by atoms with Gasteiger partial charge in [-0.15, -0.1) is 0 Å². The van der Waals surface area contributed by atoms with E-state index in [1.54, 1.807) is 6.26 Å². The van der Waals surface area contributed by atoms with E-state index in [0.717, 1.165) is 36.7 Å². The molecule has 94 valence electrons. The molecule has 3 rings (SSSR count). The number of rotatable bonds is 2. The number of furan rings is 1. The van der Waals surface area contributed by atoms with Crippen molar-refractivity contribution in [1.82, 2.24) is 9.97 Å². The van der Waals surface area contributed by atoms with Crippen molar-refractivity contribution in [1.29, 1.82) is 0 Å². The summed E-state index contributed by atoms with van der Waals surface area (Å²) in [5.41, 5.74) is 0.769. The van der Waals surface area contributed by atoms with E-state index in [9.17, 15) is 5.11 Å². The second-order valence-electron chi connectivity index (χ2n) is 4.48. The molecular weight excluding hydrogens is 230 g/mol. The van der Waals surface area contributed by atoms with Crippen molar-refractivity contribution in [3.05, 3.63) is 30.8 Å². The number of β-amino-alcohol motifs (C(OH)–C–C–N with tert-alkyl or cyclic N) is 1. The monoisotopic (exact) mass is 245 g/mol. The van der Waals surface area contributed by atoms with Crippen LogP contribution < -0.4 is 4.90 Å². The minimum Gasteiger partial charge on any atom is -0.463 e. The van der Waals surface area contributed by atoms with E-state index >= 15 is 0 Å². The van der Waals surface area contributed by atoms with Crippen molar-refractivity contribution in [3.8, 4) is 11.5 Å². The van der Waals surface area contributed by atoms with Gasteiger partial charge in [0.05, 0.1) is 12.4 Å². The maximum atomic E-state index is 9.69. The van der Waals surface area contributed by atoms with E-state index in [2.05, 4.69) is 14.9 Å². The summed E-state index contributed by atoms with van der Waals surface area (Å²) in [4.78, 5) is 10.6. The molecule has 1 N–H and O–H groups in total. The summed E-state index contributed by atoms with van der Waals surface area (Å²) >= 11 is 0. The van der Waals surface area contributed by atoms with Crippen LogP contribution in [0.3, 0.4) is 0 Å². The Morgan fingerprint density at radius 3 is 3.11 bits per heavy atom. The maximum Gasteiger partial charge on any atom is 0.152 e. The number of anilines is 1. The SMILES string of the molecule is OC1CCCN(c2cc(-c3ccco3)ncn2)C1. The average molecular weight is 245 g/mol. The molecule has 1 unspecified atom stereocenters. The lowest BCUT2D eigenvalue weighted by Crippen LogP contribution is -2.38. The molecule has 5 nitrogen and oxygen atoms in total. The largest absolute Gasteiger partial charge is 0.463 e. The molecule has 3 heterocycles. The first-order valence-electron chi connectivity index (χ1n) is 6.12. The zero-order valence-electron chi connectivity index (χ0n) is 9.99. The number of aliphatic hydroxyl groups excluding tert-OH is 1. The number of aromatic nitrogens is 2. The number of hydrogen-bond acceptors (Lipinski definition) is 5. The van der Waals surface area contributed by atoms with Crippen LogP contribution in [0.25, 0.3) is 11.5 Å². The Kier molecular flexibility index (Phi) is 2.98. The van der Waals surface area contributed by atoms with Crippen LogP contribution >= 0.6 is 0 Å². The molecule has 0 bridgehead atoms. The third-order valence-corrected chi connectivity index (χ3v) is 3.15. The second-order valence-corrected chi connectivity index (χ2v) is 4.48. The van der Waals surface area contributed by atoms with Crippen molar-refractivity contribution >= 4 is 5.82 Å². The van der Waals surface area contributed by atoms with Gasteiger partial charge in [0.2, 0.25) is 0 Å². The Labute approximate surface area is 105 Å². The average Bonchev–Trinajstić information content (AvgIpc) is 2.93. The third kappa shape index (κ3) is 2.22. The quantitative estimate of drug-likeness (QED) is 0.872. The maximum absolute atomic E-state index is 9.69. The summed E-state index contributed by atoms with van der Waals surface area (Å²) in [6, 6.07) is 5.61. The molecule has 1 aliphatic rings. The van der Waals surface area contributed by atoms with Crippen LogP contribution in [-0.2, 0) is 0 Å². The Morgan fingerprint density at radius 2 is 2.33 bits per heavy atom. The molecule has 0 aromatic carbocycles. The lowest BCUT2D eigenvalue weighted by Gasteiger charge is -2.30. The molecule has 0 radical (unpaired) electrons. The van der Waals surface area contributed by atoms with Crippen LogP contribution in [0.1, 0.15) is 12.8 Å². The van der Waals surface area contributed by atoms with Gasteiger partial charge >= 0.3 is 0 Å². The van der Waals surface area contributed by atoms with Gasteiger partial charge in [0.15, 0.2) is 5.76 Å². The molecule has 2 aromatic heterocycles. The van der Waals surface area contributed by atoms with Gasteiger partial charge in [-0.25, -0.2) is 9.97 Å². The third-order valence-electron chi connectivity index (χ3n) is 3.15. The van der Waals surface area contributed by atoms with Crippen molar-refractivity contribution in [3.63, 3.8) is 0 Å². The standard InChI is InChI=1S/C13H15N3O2/c17-10-3-1-5-16(8-10)13-7-11(14-9-15-13)12-4-2-6-18-12/h2,4,6-7,9-10,17H,1,3,5,8H2. The fourth-order valence-electron chi connectivity index (χ4n) is 2.24. The summed E-state index contributed by atoms with van der Waals surface area (Å²) in [6.45, 7) is 1.56. The topological polar surface area (TPSA) is 62.4 Å². The van der Waals surface area contributed by atoms with Crippen LogP contribution in [-0.4, -0.2) is 34.3 Å². The minimum atomic E-state index is -0.263. The van der Waals surface area contributed by atoms with Gasteiger partial charge in [-0.2, -0.15) is 0 Å². The number of aliphatic hydroxyl groups is 1. The molecule has 1 atom stereocenters. The summed E-state index contributed by atoms with van der Waals surface area (Å²) in [5.74, 6) is 1.58. The van der Waals surface area contributed by atoms with Crippen LogP contribution in [0.2, 0.25) is 0 Å². The number of hydrogen-bond donors (Lipinski definition) is 1. The molecule has 0 spiro atoms. The first kappa shape index (κ1) is 11.2. The highest BCUT2D eigenvalue weighted by Crippen LogP contribution is 2.23. The lowest BCUT2D eigenvalue weighted by molar-refractivity contribution is 0.154. The van der Waals surface area contributed by atoms with Crippen molar-refractivity contribution < 1.29 is 9.52 Å². The Morgan fingerprint density at radius 1 is 1.39 bits per heavy atom. The van der Waals surface area contributed by atoms with E-state index < -0.39 is 0 Å². The van der Waals surface area contributed by atoms with Crippen molar-refractivity contribution in [2.24, 2.45) is 0 Å². The molecule has 0 aliphatic carbocycles. The van der Waals surface area contributed by atoms with E-state index in [0.29, 0.717) is 6.54 Å². The van der Waals surface area contributed by atoms with Gasteiger partial charge in [-0.05, 0) is 25.0 Å². The molecule has 1 saturated heterocycles. The molecule has 1 fully saturated rings. The molecule has 18 heavy (non-hydrogen) atoms. The summed E-state index contributed by atoms with van der Waals surface area (Å²) in [7, 11) is 0. The van der Waals surface area contributed by atoms with Crippen molar-refractivity contribution in [2.75, 3.05) is 18.0 Å². The summed E-state index contributed by atoms with van der Waals surface area (Å²) < 4.78 is 5.32. The minimum absolute atomic E-state index is 0.263. The summed E-state index contributed by atoms with van der Waals surface area (Å²) in [6.07, 6.45) is 4.75. The van der Waals surface area contributed by atoms with E-state index in [-0.39, 0.29) is 6.10 Å². The Bertz CT molecular complexity index is 513. The summed E-state index contributed by atoms with van der Waals surface area (Å²) in [5, 5.41) is 9.69. The predicted octanol–water partition coefficient (Wildman–Crippen LogP) is 1.70. The van der Waals surface area contributed by atoms with Crippen LogP contribution in [0, 0.1) is 0 Å². The molecule has 2 aromatic rings. The predicted molar refractivity (Wildman–Crippen MR) is 67.2 cm³/mol. The fraction of sp³-hybridized carbons (Fsp3) is 0.385. The molecule has 0 saturated carbocycles. The highest BCUT2D eigenvalue weighted by atomic mass is 16.3. The fourth-order valence-corrected chi connectivity index (χ4v) is 2.24. The second kappa shape index (κ2) is 4.78. The first-order chi connectivity index (χ1) is 8.83. The van der Waals surface area contributed by atoms with E-state index in [4.69, 9.17) is 4.42 Å². The zero-order valence-corrected chi connectivity index (χ0v) is 9.99. The van der Waals surface area contributed by atoms with Gasteiger partial charge in [0.1, 0.15) is 17.8 Å². The van der Waals surface area contributed by atoms with Crippen LogP contribution in [0.4, 0.5) is 5.82 Å². The van der Waals surface area contributed by atoms with Crippen molar-refractivity contribution in [2.45, 2.75) is 18.9 Å². The molecular formula is C13H15N3O2. The van der Waals surface area contributed by atoms with Crippen LogP contribution in [0.15, 0.2) is 35.2 Å². The highest BCUT2D eigenvalue weighted by Gasteiger charge is 2.19. The molecule has 0 amide bonds. The van der Waals surface area contributed by atoms with Gasteiger partial charge < -0.3 is 14.4 Å². The van der Waals surface area contributed by atoms with E-state index in [1.165, 1.54) is 6.33 Å². The van der Waals surface area contributed by atoms with Gasteiger partial charge in [0.25, 0.3) is 0 Å².